The average molecular weight is 637 g/mol. The molecule has 0 aliphatic carbocycles. The van der Waals surface area contributed by atoms with Crippen molar-refractivity contribution in [3.8, 4) is 6.01 Å². The molecule has 5 heterocycles. The van der Waals surface area contributed by atoms with Crippen LogP contribution in [-0.2, 0) is 17.8 Å². The summed E-state index contributed by atoms with van der Waals surface area (Å²) >= 11 is 6.51. The molecule has 3 aromatic rings. The van der Waals surface area contributed by atoms with Crippen LogP contribution in [0, 0.1) is 11.2 Å². The molecule has 0 radical (unpaired) electrons. The molecule has 4 aliphatic heterocycles. The number of rotatable bonds is 6. The number of piperazine rings is 1. The maximum Gasteiger partial charge on any atom is 0.318 e. The van der Waals surface area contributed by atoms with Crippen molar-refractivity contribution in [3.05, 3.63) is 64.8 Å². The number of ether oxygens (including phenoxy) is 1. The molecule has 238 valence electrons. The Hall–Kier alpha value is -3.50. The Labute approximate surface area is 267 Å². The largest absolute Gasteiger partial charge is 0.461 e. The summed E-state index contributed by atoms with van der Waals surface area (Å²) in [5.74, 6) is -1.25. The second-order valence-corrected chi connectivity index (χ2v) is 14.1. The summed E-state index contributed by atoms with van der Waals surface area (Å²) < 4.78 is 34.7. The normalized spacial score (nSPS) is 22.9. The van der Waals surface area contributed by atoms with Crippen LogP contribution < -0.4 is 14.5 Å². The summed E-state index contributed by atoms with van der Waals surface area (Å²) in [4.78, 5) is 30.6. The van der Waals surface area contributed by atoms with Gasteiger partial charge in [0.15, 0.2) is 5.83 Å². The molecule has 11 heteroatoms. The van der Waals surface area contributed by atoms with Gasteiger partial charge in [-0.25, -0.2) is 8.78 Å². The van der Waals surface area contributed by atoms with Gasteiger partial charge < -0.3 is 19.4 Å². The topological polar surface area (TPSA) is 65.0 Å². The van der Waals surface area contributed by atoms with Gasteiger partial charge in [-0.15, -0.1) is 0 Å². The van der Waals surface area contributed by atoms with Gasteiger partial charge in [0.05, 0.1) is 22.8 Å². The third kappa shape index (κ3) is 5.50. The van der Waals surface area contributed by atoms with Gasteiger partial charge in [-0.05, 0) is 55.2 Å². The molecule has 0 bridgehead atoms. The minimum Gasteiger partial charge on any atom is -0.461 e. The number of hydrogen-bond acceptors (Lipinski definition) is 7. The molecule has 0 spiro atoms. The standard InChI is InChI=1S/C34H39ClF2N6O2/c1-22(36)31(44)41-16-14-40(15-17-41)30-24-10-13-42(27-7-4-6-23-8-9-25(37)29(35)28(23)27)18-26(24)38-32(39-30)45-21-34-11-5-12-43(34)20-33(2,3)19-34/h4,6-9H,1,5,10-21H2,2-3H3. The fraction of sp³-hybridized carbons (Fsp3) is 0.500. The van der Waals surface area contributed by atoms with Gasteiger partial charge in [-0.3, -0.25) is 9.69 Å². The van der Waals surface area contributed by atoms with Crippen molar-refractivity contribution in [3.63, 3.8) is 0 Å². The highest BCUT2D eigenvalue weighted by Crippen LogP contribution is 2.47. The number of carbonyl (C=O) groups excluding carboxylic acids is 1. The van der Waals surface area contributed by atoms with E-state index in [4.69, 9.17) is 26.3 Å². The van der Waals surface area contributed by atoms with Crippen molar-refractivity contribution < 1.29 is 18.3 Å². The van der Waals surface area contributed by atoms with Crippen molar-refractivity contribution in [2.24, 2.45) is 5.41 Å². The third-order valence-corrected chi connectivity index (χ3v) is 10.4. The minimum atomic E-state index is -0.942. The van der Waals surface area contributed by atoms with Gasteiger partial charge in [0.1, 0.15) is 18.2 Å². The molecule has 45 heavy (non-hydrogen) atoms. The summed E-state index contributed by atoms with van der Waals surface area (Å²) in [6.45, 7) is 13.4. The number of carbonyl (C=O) groups is 1. The average Bonchev–Trinajstić information content (AvgIpc) is 3.52. The van der Waals surface area contributed by atoms with E-state index in [0.717, 1.165) is 60.5 Å². The second-order valence-electron chi connectivity index (χ2n) is 13.7. The lowest BCUT2D eigenvalue weighted by Crippen LogP contribution is -2.49. The SMILES string of the molecule is C=C(F)C(=O)N1CCN(c2nc(OCC34CCCN3CC(C)(C)C4)nc3c2CCN(c2cccc4ccc(F)c(Cl)c24)C3)CC1. The van der Waals surface area contributed by atoms with Crippen LogP contribution in [0.25, 0.3) is 10.8 Å². The van der Waals surface area contributed by atoms with Crippen molar-refractivity contribution >= 4 is 39.8 Å². The number of aromatic nitrogens is 2. The first-order valence-corrected chi connectivity index (χ1v) is 16.2. The van der Waals surface area contributed by atoms with Crippen LogP contribution in [0.4, 0.5) is 20.3 Å². The van der Waals surface area contributed by atoms with E-state index in [1.54, 1.807) is 6.07 Å². The maximum absolute atomic E-state index is 14.6. The van der Waals surface area contributed by atoms with Crippen LogP contribution in [-0.4, -0.2) is 83.6 Å². The number of anilines is 2. The lowest BCUT2D eigenvalue weighted by atomic mass is 9.83. The van der Waals surface area contributed by atoms with Crippen LogP contribution in [0.2, 0.25) is 5.02 Å². The molecule has 2 aromatic carbocycles. The highest BCUT2D eigenvalue weighted by molar-refractivity contribution is 6.36. The number of hydrogen-bond donors (Lipinski definition) is 0. The van der Waals surface area contributed by atoms with Crippen LogP contribution in [0.3, 0.4) is 0 Å². The molecule has 3 saturated heterocycles. The summed E-state index contributed by atoms with van der Waals surface area (Å²) in [6, 6.07) is 9.37. The molecular formula is C34H39ClF2N6O2. The van der Waals surface area contributed by atoms with Crippen molar-refractivity contribution in [2.75, 3.05) is 62.2 Å². The quantitative estimate of drug-likeness (QED) is 0.319. The predicted molar refractivity (Wildman–Crippen MR) is 172 cm³/mol. The Bertz CT molecular complexity index is 1680. The van der Waals surface area contributed by atoms with E-state index in [-0.39, 0.29) is 16.0 Å². The van der Waals surface area contributed by atoms with E-state index >= 15 is 0 Å². The number of benzene rings is 2. The molecule has 1 unspecified atom stereocenters. The molecule has 1 amide bonds. The molecule has 1 aromatic heterocycles. The van der Waals surface area contributed by atoms with Crippen LogP contribution in [0.15, 0.2) is 42.7 Å². The Kier molecular flexibility index (Phi) is 7.63. The molecule has 0 N–H and O–H groups in total. The van der Waals surface area contributed by atoms with Crippen molar-refractivity contribution in [1.29, 1.82) is 0 Å². The molecule has 7 rings (SSSR count). The first-order chi connectivity index (χ1) is 21.5. The number of nitrogens with zero attached hydrogens (tertiary/aromatic N) is 6. The van der Waals surface area contributed by atoms with Gasteiger partial charge >= 0.3 is 6.01 Å². The van der Waals surface area contributed by atoms with Crippen LogP contribution >= 0.6 is 11.6 Å². The predicted octanol–water partition coefficient (Wildman–Crippen LogP) is 5.76. The first kappa shape index (κ1) is 30.2. The van der Waals surface area contributed by atoms with E-state index in [1.165, 1.54) is 11.0 Å². The summed E-state index contributed by atoms with van der Waals surface area (Å²) in [6.07, 6.45) is 3.99. The Balaban J connectivity index is 1.21. The lowest BCUT2D eigenvalue weighted by Gasteiger charge is -2.38. The second kappa shape index (κ2) is 11.4. The molecule has 8 nitrogen and oxygen atoms in total. The minimum absolute atomic E-state index is 0.0144. The van der Waals surface area contributed by atoms with E-state index in [1.807, 2.05) is 18.2 Å². The molecule has 1 atom stereocenters. The molecule has 4 aliphatic rings. The van der Waals surface area contributed by atoms with E-state index in [0.29, 0.717) is 63.7 Å². The highest BCUT2D eigenvalue weighted by Gasteiger charge is 2.52. The fourth-order valence-corrected chi connectivity index (χ4v) is 8.35. The van der Waals surface area contributed by atoms with E-state index in [9.17, 15) is 13.6 Å². The zero-order chi connectivity index (χ0) is 31.5. The van der Waals surface area contributed by atoms with Crippen LogP contribution in [0.1, 0.15) is 44.4 Å². The molecule has 0 saturated carbocycles. The fourth-order valence-electron chi connectivity index (χ4n) is 8.09. The Morgan fingerprint density at radius 1 is 1.07 bits per heavy atom. The van der Waals surface area contributed by atoms with E-state index < -0.39 is 17.6 Å². The van der Waals surface area contributed by atoms with E-state index in [2.05, 4.69) is 35.1 Å². The number of amides is 1. The zero-order valence-electron chi connectivity index (χ0n) is 25.9. The lowest BCUT2D eigenvalue weighted by molar-refractivity contribution is -0.128. The monoisotopic (exact) mass is 636 g/mol. The Morgan fingerprint density at radius 2 is 1.87 bits per heavy atom. The zero-order valence-corrected chi connectivity index (χ0v) is 26.7. The number of halogens is 3. The first-order valence-electron chi connectivity index (χ1n) is 15.8. The number of fused-ring (bicyclic) bond motifs is 3. The molecular weight excluding hydrogens is 598 g/mol. The Morgan fingerprint density at radius 3 is 2.64 bits per heavy atom. The van der Waals surface area contributed by atoms with Crippen molar-refractivity contribution in [1.82, 2.24) is 19.8 Å². The molecule has 3 fully saturated rings. The van der Waals surface area contributed by atoms with Crippen LogP contribution in [0.5, 0.6) is 6.01 Å². The summed E-state index contributed by atoms with van der Waals surface area (Å²) in [5.41, 5.74) is 2.97. The third-order valence-electron chi connectivity index (χ3n) is 10.0. The summed E-state index contributed by atoms with van der Waals surface area (Å²) in [7, 11) is 0. The van der Waals surface area contributed by atoms with Gasteiger partial charge in [-0.1, -0.05) is 50.2 Å². The maximum atomic E-state index is 14.6. The summed E-state index contributed by atoms with van der Waals surface area (Å²) in [5, 5.41) is 1.68. The van der Waals surface area contributed by atoms with Gasteiger partial charge in [0, 0.05) is 55.9 Å². The van der Waals surface area contributed by atoms with Gasteiger partial charge in [0.2, 0.25) is 0 Å². The van der Waals surface area contributed by atoms with Crippen molar-refractivity contribution in [2.45, 2.75) is 51.6 Å². The highest BCUT2D eigenvalue weighted by atomic mass is 35.5. The van der Waals surface area contributed by atoms with Gasteiger partial charge in [-0.2, -0.15) is 9.97 Å². The smallest absolute Gasteiger partial charge is 0.318 e. The van der Waals surface area contributed by atoms with Gasteiger partial charge in [0.25, 0.3) is 5.91 Å².